The monoisotopic (exact) mass is 504 g/mol. The van der Waals surface area contributed by atoms with E-state index in [0.717, 1.165) is 37.5 Å². The Morgan fingerprint density at radius 1 is 1.20 bits per heavy atom. The summed E-state index contributed by atoms with van der Waals surface area (Å²) in [5.74, 6) is 0.185. The van der Waals surface area contributed by atoms with E-state index in [1.54, 1.807) is 13.0 Å². The summed E-state index contributed by atoms with van der Waals surface area (Å²) >= 11 is 0. The second-order valence-corrected chi connectivity index (χ2v) is 7.76. The molecule has 2 aromatic carbocycles. The van der Waals surface area contributed by atoms with Gasteiger partial charge in [0.15, 0.2) is 5.96 Å². The minimum atomic E-state index is -0.598. The molecule has 1 atom stereocenters. The Balaban J connectivity index is 0.00000432. The Bertz CT molecular complexity index is 987. The first-order chi connectivity index (χ1) is 16.6. The molecule has 190 valence electrons. The number of hydrogen-bond acceptors (Lipinski definition) is 8. The number of amides is 1. The molecule has 1 aliphatic heterocycles. The van der Waals surface area contributed by atoms with Crippen molar-refractivity contribution in [2.24, 2.45) is 4.99 Å². The van der Waals surface area contributed by atoms with Crippen LogP contribution in [0, 0.1) is 0 Å². The SMILES string of the molecule is CCOC(=O)CC(NC(=O)c1cc(OCCCNC2=NCCCN2)ccc1O)c1ccccc1.Cl. The molecule has 0 saturated carbocycles. The highest BCUT2D eigenvalue weighted by Crippen LogP contribution is 2.25. The molecule has 10 heteroatoms. The fraction of sp³-hybridized carbons (Fsp3) is 0.400. The summed E-state index contributed by atoms with van der Waals surface area (Å²) in [5, 5.41) is 19.5. The first-order valence-corrected chi connectivity index (χ1v) is 11.6. The molecule has 0 aliphatic carbocycles. The van der Waals surface area contributed by atoms with Gasteiger partial charge in [0.2, 0.25) is 0 Å². The van der Waals surface area contributed by atoms with Crippen LogP contribution in [0.3, 0.4) is 0 Å². The molecule has 1 unspecified atom stereocenters. The second-order valence-electron chi connectivity index (χ2n) is 7.76. The van der Waals surface area contributed by atoms with Crippen LogP contribution < -0.4 is 20.7 Å². The van der Waals surface area contributed by atoms with Crippen LogP contribution >= 0.6 is 12.4 Å². The number of nitrogens with one attached hydrogen (secondary N) is 3. The highest BCUT2D eigenvalue weighted by Gasteiger charge is 2.22. The van der Waals surface area contributed by atoms with Gasteiger partial charge < -0.3 is 30.5 Å². The maximum absolute atomic E-state index is 13.0. The van der Waals surface area contributed by atoms with E-state index in [2.05, 4.69) is 20.9 Å². The molecule has 0 bridgehead atoms. The lowest BCUT2D eigenvalue weighted by molar-refractivity contribution is -0.143. The summed E-state index contributed by atoms with van der Waals surface area (Å²) in [7, 11) is 0. The third kappa shape index (κ3) is 9.01. The van der Waals surface area contributed by atoms with Gasteiger partial charge in [-0.05, 0) is 43.5 Å². The van der Waals surface area contributed by atoms with Crippen LogP contribution in [0.2, 0.25) is 0 Å². The Kier molecular flexibility index (Phi) is 11.7. The van der Waals surface area contributed by atoms with Gasteiger partial charge in [-0.25, -0.2) is 0 Å². The number of hydrogen-bond donors (Lipinski definition) is 4. The van der Waals surface area contributed by atoms with E-state index in [4.69, 9.17) is 9.47 Å². The minimum absolute atomic E-state index is 0. The number of nitrogens with zero attached hydrogens (tertiary/aromatic N) is 1. The van der Waals surface area contributed by atoms with Crippen molar-refractivity contribution in [3.05, 3.63) is 59.7 Å². The van der Waals surface area contributed by atoms with Gasteiger partial charge in [-0.3, -0.25) is 14.6 Å². The van der Waals surface area contributed by atoms with Gasteiger partial charge >= 0.3 is 5.97 Å². The molecule has 1 amide bonds. The number of carbonyl (C=O) groups is 2. The third-order valence-corrected chi connectivity index (χ3v) is 5.18. The fourth-order valence-corrected chi connectivity index (χ4v) is 3.47. The number of ether oxygens (including phenoxy) is 2. The molecule has 35 heavy (non-hydrogen) atoms. The summed E-state index contributed by atoms with van der Waals surface area (Å²) in [6.07, 6.45) is 1.76. The van der Waals surface area contributed by atoms with Gasteiger partial charge in [-0.2, -0.15) is 0 Å². The van der Waals surface area contributed by atoms with Crippen molar-refractivity contribution in [1.82, 2.24) is 16.0 Å². The highest BCUT2D eigenvalue weighted by atomic mass is 35.5. The fourth-order valence-electron chi connectivity index (χ4n) is 3.47. The molecule has 0 saturated heterocycles. The van der Waals surface area contributed by atoms with Crippen LogP contribution in [0.4, 0.5) is 0 Å². The van der Waals surface area contributed by atoms with Gasteiger partial charge in [-0.15, -0.1) is 12.4 Å². The molecular formula is C25H33ClN4O5. The number of guanidine groups is 1. The summed E-state index contributed by atoms with van der Waals surface area (Å²) < 4.78 is 10.8. The summed E-state index contributed by atoms with van der Waals surface area (Å²) in [5.41, 5.74) is 0.835. The Hall–Kier alpha value is -3.46. The van der Waals surface area contributed by atoms with Crippen LogP contribution in [0.1, 0.15) is 48.1 Å². The van der Waals surface area contributed by atoms with Gasteiger partial charge in [0.1, 0.15) is 11.5 Å². The van der Waals surface area contributed by atoms with Crippen LogP contribution in [-0.2, 0) is 9.53 Å². The lowest BCUT2D eigenvalue weighted by atomic mass is 10.0. The lowest BCUT2D eigenvalue weighted by Gasteiger charge is -2.19. The normalized spacial score (nSPS) is 13.3. The molecule has 0 radical (unpaired) electrons. The van der Waals surface area contributed by atoms with Gasteiger partial charge in [0, 0.05) is 19.6 Å². The molecule has 4 N–H and O–H groups in total. The van der Waals surface area contributed by atoms with Gasteiger partial charge in [-0.1, -0.05) is 30.3 Å². The number of benzene rings is 2. The zero-order chi connectivity index (χ0) is 24.2. The van der Waals surface area contributed by atoms with Crippen LogP contribution in [0.15, 0.2) is 53.5 Å². The minimum Gasteiger partial charge on any atom is -0.507 e. The molecule has 0 aromatic heterocycles. The van der Waals surface area contributed by atoms with Crippen LogP contribution in [0.25, 0.3) is 0 Å². The number of aromatic hydroxyl groups is 1. The quantitative estimate of drug-likeness (QED) is 0.274. The maximum atomic E-state index is 13.0. The molecule has 1 heterocycles. The van der Waals surface area contributed by atoms with E-state index >= 15 is 0 Å². The summed E-state index contributed by atoms with van der Waals surface area (Å²) in [6, 6.07) is 13.1. The zero-order valence-corrected chi connectivity index (χ0v) is 20.6. The standard InChI is InChI=1S/C25H32N4O5.ClH/c1-2-33-23(31)17-21(18-8-4-3-5-9-18)29-24(32)20-16-19(10-11-22(20)30)34-15-7-14-28-25-26-12-6-13-27-25;/h3-5,8-11,16,21,30H,2,6-7,12-15,17H2,1H3,(H,29,32)(H2,26,27,28);1H. The second kappa shape index (κ2) is 14.7. The van der Waals surface area contributed by atoms with Crippen molar-refractivity contribution < 1.29 is 24.2 Å². The number of phenolic OH excluding ortho intramolecular Hbond substituents is 1. The van der Waals surface area contributed by atoms with Crippen molar-refractivity contribution in [3.8, 4) is 11.5 Å². The third-order valence-electron chi connectivity index (χ3n) is 5.18. The average Bonchev–Trinajstić information content (AvgIpc) is 2.85. The largest absolute Gasteiger partial charge is 0.507 e. The average molecular weight is 505 g/mol. The number of esters is 1. The molecule has 3 rings (SSSR count). The van der Waals surface area contributed by atoms with Crippen LogP contribution in [0.5, 0.6) is 11.5 Å². The smallest absolute Gasteiger partial charge is 0.308 e. The molecule has 2 aromatic rings. The Morgan fingerprint density at radius 3 is 2.71 bits per heavy atom. The molecular weight excluding hydrogens is 472 g/mol. The number of halogens is 1. The topological polar surface area (TPSA) is 121 Å². The summed E-state index contributed by atoms with van der Waals surface area (Å²) in [4.78, 5) is 29.4. The van der Waals surface area contributed by atoms with E-state index < -0.39 is 17.9 Å². The number of phenols is 1. The predicted molar refractivity (Wildman–Crippen MR) is 136 cm³/mol. The lowest BCUT2D eigenvalue weighted by Crippen LogP contribution is -2.41. The molecule has 0 spiro atoms. The zero-order valence-electron chi connectivity index (χ0n) is 19.8. The predicted octanol–water partition coefficient (Wildman–Crippen LogP) is 2.95. The maximum Gasteiger partial charge on any atom is 0.308 e. The molecule has 1 aliphatic rings. The summed E-state index contributed by atoms with van der Waals surface area (Å²) in [6.45, 7) is 4.87. The van der Waals surface area contributed by atoms with E-state index in [9.17, 15) is 14.7 Å². The molecule has 0 fully saturated rings. The van der Waals surface area contributed by atoms with Crippen LogP contribution in [-0.4, -0.2) is 55.8 Å². The highest BCUT2D eigenvalue weighted by molar-refractivity contribution is 5.97. The van der Waals surface area contributed by atoms with Crippen molar-refractivity contribution >= 4 is 30.2 Å². The Labute approximate surface area is 211 Å². The van der Waals surface area contributed by atoms with Crippen molar-refractivity contribution in [2.45, 2.75) is 32.2 Å². The van der Waals surface area contributed by atoms with Gasteiger partial charge in [0.05, 0.1) is 31.2 Å². The number of rotatable bonds is 11. The van der Waals surface area contributed by atoms with E-state index in [0.29, 0.717) is 18.9 Å². The van der Waals surface area contributed by atoms with Crippen molar-refractivity contribution in [1.29, 1.82) is 0 Å². The van der Waals surface area contributed by atoms with E-state index in [1.807, 2.05) is 30.3 Å². The first kappa shape index (κ1) is 27.8. The number of carbonyl (C=O) groups excluding carboxylic acids is 2. The van der Waals surface area contributed by atoms with E-state index in [1.165, 1.54) is 12.1 Å². The molecule has 9 nitrogen and oxygen atoms in total. The first-order valence-electron chi connectivity index (χ1n) is 11.6. The van der Waals surface area contributed by atoms with Crippen molar-refractivity contribution in [2.75, 3.05) is 32.8 Å². The Morgan fingerprint density at radius 2 is 2.00 bits per heavy atom. The number of aliphatic imine (C=N–C) groups is 1. The van der Waals surface area contributed by atoms with Crippen molar-refractivity contribution in [3.63, 3.8) is 0 Å². The van der Waals surface area contributed by atoms with Gasteiger partial charge in [0.25, 0.3) is 5.91 Å². The van der Waals surface area contributed by atoms with E-state index in [-0.39, 0.29) is 36.7 Å².